The molecule has 0 bridgehead atoms. The SMILES string of the molecule is Fc1cc(NCc2ccsc2)ccc1N1CCCC1. The van der Waals surface area contributed by atoms with Gasteiger partial charge in [-0.15, -0.1) is 0 Å². The maximum Gasteiger partial charge on any atom is 0.148 e. The number of benzene rings is 1. The highest BCUT2D eigenvalue weighted by atomic mass is 32.1. The Hall–Kier alpha value is -1.55. The monoisotopic (exact) mass is 276 g/mol. The van der Waals surface area contributed by atoms with Crippen molar-refractivity contribution in [1.29, 1.82) is 0 Å². The highest BCUT2D eigenvalue weighted by molar-refractivity contribution is 7.07. The van der Waals surface area contributed by atoms with Crippen molar-refractivity contribution >= 4 is 22.7 Å². The third-order valence-electron chi connectivity index (χ3n) is 3.47. The lowest BCUT2D eigenvalue weighted by Gasteiger charge is -2.19. The second-order valence-corrected chi connectivity index (χ2v) is 5.63. The van der Waals surface area contributed by atoms with E-state index in [1.165, 1.54) is 5.56 Å². The third-order valence-corrected chi connectivity index (χ3v) is 4.20. The highest BCUT2D eigenvalue weighted by Gasteiger charge is 2.15. The minimum absolute atomic E-state index is 0.128. The van der Waals surface area contributed by atoms with Crippen LogP contribution in [0.3, 0.4) is 0 Å². The zero-order chi connectivity index (χ0) is 13.1. The summed E-state index contributed by atoms with van der Waals surface area (Å²) < 4.78 is 14.1. The van der Waals surface area contributed by atoms with Gasteiger partial charge in [-0.1, -0.05) is 0 Å². The van der Waals surface area contributed by atoms with E-state index in [2.05, 4.69) is 21.7 Å². The van der Waals surface area contributed by atoms with Gasteiger partial charge in [0.25, 0.3) is 0 Å². The van der Waals surface area contributed by atoms with Crippen LogP contribution in [0.2, 0.25) is 0 Å². The molecule has 1 aliphatic rings. The molecule has 4 heteroatoms. The fourth-order valence-corrected chi connectivity index (χ4v) is 3.10. The summed E-state index contributed by atoms with van der Waals surface area (Å²) in [6.45, 7) is 2.68. The van der Waals surface area contributed by atoms with Gasteiger partial charge in [0.2, 0.25) is 0 Å². The van der Waals surface area contributed by atoms with Gasteiger partial charge in [0.05, 0.1) is 5.69 Å². The number of nitrogens with one attached hydrogen (secondary N) is 1. The minimum Gasteiger partial charge on any atom is -0.381 e. The van der Waals surface area contributed by atoms with Crippen molar-refractivity contribution in [1.82, 2.24) is 0 Å². The molecule has 1 saturated heterocycles. The molecule has 0 atom stereocenters. The lowest BCUT2D eigenvalue weighted by atomic mass is 10.2. The third kappa shape index (κ3) is 2.89. The van der Waals surface area contributed by atoms with Gasteiger partial charge >= 0.3 is 0 Å². The smallest absolute Gasteiger partial charge is 0.148 e. The van der Waals surface area contributed by atoms with Crippen LogP contribution in [0.4, 0.5) is 15.8 Å². The van der Waals surface area contributed by atoms with Crippen LogP contribution in [0.5, 0.6) is 0 Å². The summed E-state index contributed by atoms with van der Waals surface area (Å²) in [6.07, 6.45) is 2.33. The van der Waals surface area contributed by atoms with E-state index in [4.69, 9.17) is 0 Å². The Kier molecular flexibility index (Phi) is 3.69. The summed E-state index contributed by atoms with van der Waals surface area (Å²) >= 11 is 1.68. The molecule has 2 aromatic rings. The maximum absolute atomic E-state index is 14.1. The molecule has 0 radical (unpaired) electrons. The van der Waals surface area contributed by atoms with Crippen LogP contribution < -0.4 is 10.2 Å². The summed E-state index contributed by atoms with van der Waals surface area (Å²) in [4.78, 5) is 2.12. The van der Waals surface area contributed by atoms with Crippen LogP contribution in [0.25, 0.3) is 0 Å². The van der Waals surface area contributed by atoms with Gasteiger partial charge in [-0.05, 0) is 53.4 Å². The fraction of sp³-hybridized carbons (Fsp3) is 0.333. The van der Waals surface area contributed by atoms with Gasteiger partial charge in [-0.25, -0.2) is 4.39 Å². The quantitative estimate of drug-likeness (QED) is 0.904. The van der Waals surface area contributed by atoms with Gasteiger partial charge in [0, 0.05) is 25.3 Å². The van der Waals surface area contributed by atoms with Gasteiger partial charge in [-0.2, -0.15) is 11.3 Å². The molecule has 1 fully saturated rings. The molecule has 2 nitrogen and oxygen atoms in total. The molecule has 100 valence electrons. The molecule has 0 spiro atoms. The molecular formula is C15H17FN2S. The summed E-state index contributed by atoms with van der Waals surface area (Å²) in [5.41, 5.74) is 2.80. The molecule has 3 rings (SSSR count). The van der Waals surface area contributed by atoms with E-state index in [1.807, 2.05) is 17.5 Å². The Morgan fingerprint density at radius 2 is 2.05 bits per heavy atom. The average molecular weight is 276 g/mol. The second kappa shape index (κ2) is 5.61. The van der Waals surface area contributed by atoms with E-state index < -0.39 is 0 Å². The van der Waals surface area contributed by atoms with Crippen LogP contribution in [0.1, 0.15) is 18.4 Å². The van der Waals surface area contributed by atoms with E-state index in [0.717, 1.165) is 43.9 Å². The fourth-order valence-electron chi connectivity index (χ4n) is 2.43. The Labute approximate surface area is 116 Å². The van der Waals surface area contributed by atoms with E-state index in [1.54, 1.807) is 17.4 Å². The van der Waals surface area contributed by atoms with Crippen LogP contribution in [-0.4, -0.2) is 13.1 Å². The van der Waals surface area contributed by atoms with Crippen LogP contribution in [0, 0.1) is 5.82 Å². The molecule has 1 N–H and O–H groups in total. The summed E-state index contributed by atoms with van der Waals surface area (Å²) in [5.74, 6) is -0.128. The largest absolute Gasteiger partial charge is 0.381 e. The molecule has 1 aromatic carbocycles. The topological polar surface area (TPSA) is 15.3 Å². The Morgan fingerprint density at radius 3 is 2.74 bits per heavy atom. The Balaban J connectivity index is 1.68. The van der Waals surface area contributed by atoms with Crippen molar-refractivity contribution in [3.05, 3.63) is 46.4 Å². The van der Waals surface area contributed by atoms with Crippen molar-refractivity contribution in [2.75, 3.05) is 23.3 Å². The van der Waals surface area contributed by atoms with Crippen LogP contribution >= 0.6 is 11.3 Å². The number of thiophene rings is 1. The zero-order valence-corrected chi connectivity index (χ0v) is 11.5. The molecular weight excluding hydrogens is 259 g/mol. The van der Waals surface area contributed by atoms with Gasteiger partial charge in [0.1, 0.15) is 5.82 Å². The molecule has 19 heavy (non-hydrogen) atoms. The second-order valence-electron chi connectivity index (χ2n) is 4.85. The van der Waals surface area contributed by atoms with Gasteiger partial charge in [-0.3, -0.25) is 0 Å². The first-order valence-corrected chi connectivity index (χ1v) is 7.57. The normalized spacial score (nSPS) is 14.9. The van der Waals surface area contributed by atoms with E-state index >= 15 is 0 Å². The number of anilines is 2. The molecule has 1 aliphatic heterocycles. The summed E-state index contributed by atoms with van der Waals surface area (Å²) in [6, 6.07) is 7.52. The standard InChI is InChI=1S/C15H17FN2S/c16-14-9-13(17-10-12-5-8-19-11-12)3-4-15(14)18-6-1-2-7-18/h3-5,8-9,11,17H,1-2,6-7,10H2. The van der Waals surface area contributed by atoms with E-state index in [0.29, 0.717) is 0 Å². The number of rotatable bonds is 4. The number of nitrogens with zero attached hydrogens (tertiary/aromatic N) is 1. The van der Waals surface area contributed by atoms with E-state index in [-0.39, 0.29) is 5.82 Å². The van der Waals surface area contributed by atoms with Crippen LogP contribution in [0.15, 0.2) is 35.0 Å². The van der Waals surface area contributed by atoms with E-state index in [9.17, 15) is 4.39 Å². The Bertz CT molecular complexity index is 533. The predicted octanol–water partition coefficient (Wildman–Crippen LogP) is 4.10. The maximum atomic E-state index is 14.1. The lowest BCUT2D eigenvalue weighted by Crippen LogP contribution is -2.18. The zero-order valence-electron chi connectivity index (χ0n) is 10.7. The lowest BCUT2D eigenvalue weighted by molar-refractivity contribution is 0.623. The molecule has 0 saturated carbocycles. The molecule has 1 aromatic heterocycles. The summed E-state index contributed by atoms with van der Waals surface area (Å²) in [7, 11) is 0. The first-order valence-electron chi connectivity index (χ1n) is 6.62. The number of hydrogen-bond acceptors (Lipinski definition) is 3. The number of hydrogen-bond donors (Lipinski definition) is 1. The first kappa shape index (κ1) is 12.5. The number of halogens is 1. The van der Waals surface area contributed by atoms with Crippen molar-refractivity contribution < 1.29 is 4.39 Å². The first-order chi connectivity index (χ1) is 9.33. The van der Waals surface area contributed by atoms with Crippen molar-refractivity contribution in [2.45, 2.75) is 19.4 Å². The minimum atomic E-state index is -0.128. The predicted molar refractivity (Wildman–Crippen MR) is 79.5 cm³/mol. The Morgan fingerprint density at radius 1 is 1.21 bits per heavy atom. The van der Waals surface area contributed by atoms with Crippen molar-refractivity contribution in [3.8, 4) is 0 Å². The molecule has 0 amide bonds. The molecule has 0 aliphatic carbocycles. The van der Waals surface area contributed by atoms with Gasteiger partial charge in [0.15, 0.2) is 0 Å². The summed E-state index contributed by atoms with van der Waals surface area (Å²) in [5, 5.41) is 7.40. The van der Waals surface area contributed by atoms with Gasteiger partial charge < -0.3 is 10.2 Å². The van der Waals surface area contributed by atoms with Crippen molar-refractivity contribution in [3.63, 3.8) is 0 Å². The van der Waals surface area contributed by atoms with Crippen molar-refractivity contribution in [2.24, 2.45) is 0 Å². The molecule has 0 unspecified atom stereocenters. The average Bonchev–Trinajstić information content (AvgIpc) is 3.10. The highest BCUT2D eigenvalue weighted by Crippen LogP contribution is 2.26. The molecule has 2 heterocycles. The van der Waals surface area contributed by atoms with Crippen LogP contribution in [-0.2, 0) is 6.54 Å².